The molecule has 0 fully saturated rings. The van der Waals surface area contributed by atoms with Gasteiger partial charge in [0.1, 0.15) is 5.75 Å². The highest BCUT2D eigenvalue weighted by Crippen LogP contribution is 2.32. The monoisotopic (exact) mass is 416 g/mol. The van der Waals surface area contributed by atoms with E-state index in [2.05, 4.69) is 5.32 Å². The number of nitrogens with one attached hydrogen (secondary N) is 1. The minimum Gasteiger partial charge on any atom is -0.505 e. The maximum absolute atomic E-state index is 12.6. The average Bonchev–Trinajstić information content (AvgIpc) is 2.67. The highest BCUT2D eigenvalue weighted by Gasteiger charge is 2.17. The first kappa shape index (κ1) is 19.9. The van der Waals surface area contributed by atoms with Crippen molar-refractivity contribution in [2.75, 3.05) is 17.7 Å². The Morgan fingerprint density at radius 2 is 1.79 bits per heavy atom. The molecule has 0 aliphatic carbocycles. The smallest absolute Gasteiger partial charge is 0.259 e. The Bertz CT molecular complexity index is 994. The summed E-state index contributed by atoms with van der Waals surface area (Å²) in [6.07, 6.45) is 0.711. The molecule has 28 heavy (non-hydrogen) atoms. The van der Waals surface area contributed by atoms with Crippen LogP contribution in [0.15, 0.2) is 60.7 Å². The van der Waals surface area contributed by atoms with Crippen LogP contribution in [-0.2, 0) is 6.42 Å². The van der Waals surface area contributed by atoms with Crippen molar-refractivity contribution in [2.24, 2.45) is 0 Å². The van der Waals surface area contributed by atoms with Crippen LogP contribution < -0.4 is 15.8 Å². The summed E-state index contributed by atoms with van der Waals surface area (Å²) in [5.41, 5.74) is 7.16. The molecule has 0 bridgehead atoms. The second-order valence-electron chi connectivity index (χ2n) is 6.07. The topological polar surface area (TPSA) is 84.6 Å². The molecule has 0 saturated carbocycles. The van der Waals surface area contributed by atoms with Crippen LogP contribution in [0.5, 0.6) is 11.5 Å². The Labute approximate surface area is 172 Å². The van der Waals surface area contributed by atoms with Crippen molar-refractivity contribution in [3.05, 3.63) is 81.8 Å². The predicted octanol–water partition coefficient (Wildman–Crippen LogP) is 5.16. The number of anilines is 2. The van der Waals surface area contributed by atoms with Crippen LogP contribution in [0.4, 0.5) is 11.4 Å². The minimum absolute atomic E-state index is 0.0167. The van der Waals surface area contributed by atoms with E-state index in [1.165, 1.54) is 12.1 Å². The zero-order valence-electron chi connectivity index (χ0n) is 14.8. The van der Waals surface area contributed by atoms with Crippen LogP contribution >= 0.6 is 23.2 Å². The lowest BCUT2D eigenvalue weighted by Gasteiger charge is -2.14. The SMILES string of the molecule is Nc1cc(Cl)cc(C(=O)Nc2cc(Cl)ccc2OCCc2ccccc2)c1O. The number of ether oxygens (including phenoxy) is 1. The van der Waals surface area contributed by atoms with Crippen molar-refractivity contribution in [1.82, 2.24) is 0 Å². The van der Waals surface area contributed by atoms with Crippen LogP contribution in [0.1, 0.15) is 15.9 Å². The zero-order chi connectivity index (χ0) is 20.1. The van der Waals surface area contributed by atoms with Crippen molar-refractivity contribution < 1.29 is 14.6 Å². The number of benzene rings is 3. The number of phenols is 1. The molecule has 0 radical (unpaired) electrons. The minimum atomic E-state index is -0.582. The van der Waals surface area contributed by atoms with E-state index >= 15 is 0 Å². The summed E-state index contributed by atoms with van der Waals surface area (Å²) in [5.74, 6) is -0.458. The molecule has 3 aromatic rings. The number of hydrogen-bond donors (Lipinski definition) is 3. The largest absolute Gasteiger partial charge is 0.505 e. The molecule has 0 spiro atoms. The lowest BCUT2D eigenvalue weighted by atomic mass is 10.1. The van der Waals surface area contributed by atoms with Gasteiger partial charge in [0.2, 0.25) is 0 Å². The molecule has 0 aliphatic rings. The fraction of sp³-hybridized carbons (Fsp3) is 0.0952. The van der Waals surface area contributed by atoms with Crippen molar-refractivity contribution in [1.29, 1.82) is 0 Å². The Morgan fingerprint density at radius 3 is 2.54 bits per heavy atom. The van der Waals surface area contributed by atoms with E-state index in [9.17, 15) is 9.90 Å². The molecule has 144 valence electrons. The van der Waals surface area contributed by atoms with Crippen molar-refractivity contribution >= 4 is 40.5 Å². The van der Waals surface area contributed by atoms with E-state index in [1.54, 1.807) is 18.2 Å². The Hall–Kier alpha value is -2.89. The number of hydrogen-bond acceptors (Lipinski definition) is 4. The van der Waals surface area contributed by atoms with Gasteiger partial charge in [-0.15, -0.1) is 0 Å². The van der Waals surface area contributed by atoms with E-state index in [4.69, 9.17) is 33.7 Å². The Balaban J connectivity index is 1.76. The normalized spacial score (nSPS) is 10.5. The third-order valence-electron chi connectivity index (χ3n) is 4.03. The molecule has 0 aromatic heterocycles. The molecular formula is C21H18Cl2N2O3. The van der Waals surface area contributed by atoms with Crippen LogP contribution in [0.25, 0.3) is 0 Å². The molecular weight excluding hydrogens is 399 g/mol. The summed E-state index contributed by atoms with van der Waals surface area (Å²) in [7, 11) is 0. The first-order valence-electron chi connectivity index (χ1n) is 8.49. The maximum atomic E-state index is 12.6. The molecule has 3 rings (SSSR count). The molecule has 5 nitrogen and oxygen atoms in total. The van der Waals surface area contributed by atoms with Gasteiger partial charge in [-0.2, -0.15) is 0 Å². The van der Waals surface area contributed by atoms with Crippen molar-refractivity contribution in [2.45, 2.75) is 6.42 Å². The molecule has 1 amide bonds. The van der Waals surface area contributed by atoms with Crippen LogP contribution in [0.3, 0.4) is 0 Å². The predicted molar refractivity (Wildman–Crippen MR) is 113 cm³/mol. The number of aromatic hydroxyl groups is 1. The summed E-state index contributed by atoms with van der Waals surface area (Å²) in [5, 5.41) is 13.4. The van der Waals surface area contributed by atoms with Crippen LogP contribution in [0, 0.1) is 0 Å². The van der Waals surface area contributed by atoms with Gasteiger partial charge in [0.25, 0.3) is 5.91 Å². The molecule has 0 heterocycles. The van der Waals surface area contributed by atoms with Gasteiger partial charge in [-0.25, -0.2) is 0 Å². The van der Waals surface area contributed by atoms with E-state index in [-0.39, 0.29) is 22.0 Å². The maximum Gasteiger partial charge on any atom is 0.259 e. The number of amides is 1. The summed E-state index contributed by atoms with van der Waals surface area (Å²) >= 11 is 12.0. The number of halogens is 2. The van der Waals surface area contributed by atoms with Gasteiger partial charge in [-0.3, -0.25) is 4.79 Å². The van der Waals surface area contributed by atoms with Gasteiger partial charge >= 0.3 is 0 Å². The van der Waals surface area contributed by atoms with Crippen molar-refractivity contribution in [3.8, 4) is 11.5 Å². The molecule has 0 atom stereocenters. The van der Waals surface area contributed by atoms with Gasteiger partial charge < -0.3 is 20.9 Å². The summed E-state index contributed by atoms with van der Waals surface area (Å²) in [6.45, 7) is 0.421. The molecule has 7 heteroatoms. The van der Waals surface area contributed by atoms with Gasteiger partial charge in [0.15, 0.2) is 5.75 Å². The second-order valence-corrected chi connectivity index (χ2v) is 6.94. The molecule has 4 N–H and O–H groups in total. The number of nitrogen functional groups attached to an aromatic ring is 1. The Morgan fingerprint density at radius 1 is 1.04 bits per heavy atom. The van der Waals surface area contributed by atoms with E-state index in [1.807, 2.05) is 30.3 Å². The number of nitrogens with two attached hydrogens (primary N) is 1. The number of rotatable bonds is 6. The third kappa shape index (κ3) is 4.88. The lowest BCUT2D eigenvalue weighted by Crippen LogP contribution is -2.14. The number of phenolic OH excluding ortho intramolecular Hbond substituents is 1. The first-order chi connectivity index (χ1) is 13.4. The standard InChI is InChI=1S/C21H18Cl2N2O3/c22-14-6-7-19(28-9-8-13-4-2-1-3-5-13)18(12-14)25-21(27)16-10-15(23)11-17(24)20(16)26/h1-7,10-12,26H,8-9,24H2,(H,25,27). The number of carbonyl (C=O) groups excluding carboxylic acids is 1. The highest BCUT2D eigenvalue weighted by molar-refractivity contribution is 6.32. The van der Waals surface area contributed by atoms with Crippen LogP contribution in [0.2, 0.25) is 10.0 Å². The number of carbonyl (C=O) groups is 1. The fourth-order valence-corrected chi connectivity index (χ4v) is 3.03. The third-order valence-corrected chi connectivity index (χ3v) is 4.48. The lowest BCUT2D eigenvalue weighted by molar-refractivity contribution is 0.102. The highest BCUT2D eigenvalue weighted by atomic mass is 35.5. The second kappa shape index (κ2) is 8.87. The van der Waals surface area contributed by atoms with Crippen LogP contribution in [-0.4, -0.2) is 17.6 Å². The molecule has 0 saturated heterocycles. The van der Waals surface area contributed by atoms with Gasteiger partial charge in [-0.05, 0) is 35.9 Å². The average molecular weight is 417 g/mol. The summed E-state index contributed by atoms with van der Waals surface area (Å²) in [4.78, 5) is 12.6. The molecule has 0 aliphatic heterocycles. The first-order valence-corrected chi connectivity index (χ1v) is 9.25. The zero-order valence-corrected chi connectivity index (χ0v) is 16.3. The van der Waals surface area contributed by atoms with Gasteiger partial charge in [-0.1, -0.05) is 53.5 Å². The van der Waals surface area contributed by atoms with E-state index in [0.29, 0.717) is 29.5 Å². The van der Waals surface area contributed by atoms with Gasteiger partial charge in [0.05, 0.1) is 23.5 Å². The quantitative estimate of drug-likeness (QED) is 0.382. The van der Waals surface area contributed by atoms with Gasteiger partial charge in [0, 0.05) is 16.5 Å². The summed E-state index contributed by atoms with van der Waals surface area (Å²) < 4.78 is 5.82. The van der Waals surface area contributed by atoms with E-state index < -0.39 is 5.91 Å². The summed E-state index contributed by atoms with van der Waals surface area (Å²) in [6, 6.07) is 17.5. The molecule has 0 unspecified atom stereocenters. The van der Waals surface area contributed by atoms with Crippen molar-refractivity contribution in [3.63, 3.8) is 0 Å². The molecule has 3 aromatic carbocycles. The van der Waals surface area contributed by atoms with E-state index in [0.717, 1.165) is 5.56 Å². The Kier molecular flexibility index (Phi) is 6.29. The fourth-order valence-electron chi connectivity index (χ4n) is 2.63.